The fourth-order valence-electron chi connectivity index (χ4n) is 3.10. The van der Waals surface area contributed by atoms with Crippen molar-refractivity contribution in [3.05, 3.63) is 51.7 Å². The average Bonchev–Trinajstić information content (AvgIpc) is 3.13. The van der Waals surface area contributed by atoms with Crippen LogP contribution in [0.4, 0.5) is 10.5 Å². The van der Waals surface area contributed by atoms with E-state index in [1.807, 2.05) is 29.2 Å². The van der Waals surface area contributed by atoms with Crippen molar-refractivity contribution >= 4 is 34.7 Å². The molecule has 2 heterocycles. The van der Waals surface area contributed by atoms with Crippen molar-refractivity contribution in [2.45, 2.75) is 19.9 Å². The van der Waals surface area contributed by atoms with E-state index in [1.54, 1.807) is 11.3 Å². The van der Waals surface area contributed by atoms with Crippen LogP contribution >= 0.6 is 22.9 Å². The van der Waals surface area contributed by atoms with Crippen molar-refractivity contribution in [2.75, 3.05) is 31.1 Å². The summed E-state index contributed by atoms with van der Waals surface area (Å²) >= 11 is 7.77. The van der Waals surface area contributed by atoms with Crippen molar-refractivity contribution in [1.82, 2.24) is 10.2 Å². The molecule has 1 fully saturated rings. The molecule has 1 aliphatic heterocycles. The number of hydrogen-bond acceptors (Lipinski definition) is 3. The van der Waals surface area contributed by atoms with Crippen molar-refractivity contribution in [3.8, 4) is 0 Å². The summed E-state index contributed by atoms with van der Waals surface area (Å²) in [7, 11) is 0. The lowest BCUT2D eigenvalue weighted by Gasteiger charge is -2.37. The van der Waals surface area contributed by atoms with Crippen LogP contribution in [0, 0.1) is 5.92 Å². The third-order valence-corrected chi connectivity index (χ3v) is 5.73. The number of nitrogens with one attached hydrogen (secondary N) is 1. The van der Waals surface area contributed by atoms with Gasteiger partial charge in [0.15, 0.2) is 0 Å². The van der Waals surface area contributed by atoms with Crippen molar-refractivity contribution in [3.63, 3.8) is 0 Å². The summed E-state index contributed by atoms with van der Waals surface area (Å²) in [5, 5.41) is 6.01. The van der Waals surface area contributed by atoms with Crippen LogP contribution in [-0.2, 0) is 0 Å². The zero-order valence-electron chi connectivity index (χ0n) is 14.6. The highest BCUT2D eigenvalue weighted by molar-refractivity contribution is 7.10. The standard InChI is InChI=1S/C19H24ClN3OS/c1-14(2)18(17-7-4-12-25-17)21-19(24)23-10-8-22(9-11-23)16-6-3-5-15(20)13-16/h3-7,12-14,18H,8-11H2,1-2H3,(H,21,24). The van der Waals surface area contributed by atoms with Crippen molar-refractivity contribution in [1.29, 1.82) is 0 Å². The summed E-state index contributed by atoms with van der Waals surface area (Å²) in [6.07, 6.45) is 0. The molecule has 2 aromatic rings. The van der Waals surface area contributed by atoms with Gasteiger partial charge in [-0.1, -0.05) is 37.6 Å². The van der Waals surface area contributed by atoms with Crippen LogP contribution < -0.4 is 10.2 Å². The minimum atomic E-state index is 0.0258. The van der Waals surface area contributed by atoms with Gasteiger partial charge in [0.1, 0.15) is 0 Å². The molecule has 1 atom stereocenters. The van der Waals surface area contributed by atoms with E-state index in [4.69, 9.17) is 11.6 Å². The van der Waals surface area contributed by atoms with Gasteiger partial charge in [-0.3, -0.25) is 0 Å². The highest BCUT2D eigenvalue weighted by Gasteiger charge is 2.25. The Balaban J connectivity index is 1.58. The maximum Gasteiger partial charge on any atom is 0.318 e. The second-order valence-corrected chi connectivity index (χ2v) is 8.06. The van der Waals surface area contributed by atoms with Crippen molar-refractivity contribution < 1.29 is 4.79 Å². The number of rotatable bonds is 4. The Morgan fingerprint density at radius 2 is 1.92 bits per heavy atom. The molecule has 1 aromatic carbocycles. The first-order valence-corrected chi connectivity index (χ1v) is 9.89. The molecule has 2 amide bonds. The predicted molar refractivity (Wildman–Crippen MR) is 106 cm³/mol. The monoisotopic (exact) mass is 377 g/mol. The van der Waals surface area contributed by atoms with Crippen LogP contribution in [0.25, 0.3) is 0 Å². The molecule has 1 unspecified atom stereocenters. The fourth-order valence-corrected chi connectivity index (χ4v) is 4.23. The maximum absolute atomic E-state index is 12.7. The van der Waals surface area contributed by atoms with Gasteiger partial charge in [-0.15, -0.1) is 11.3 Å². The Bertz CT molecular complexity index is 696. The number of hydrogen-bond donors (Lipinski definition) is 1. The Kier molecular flexibility index (Phi) is 5.86. The molecule has 1 N–H and O–H groups in total. The number of piperazine rings is 1. The Hall–Kier alpha value is -1.72. The predicted octanol–water partition coefficient (Wildman–Crippen LogP) is 4.63. The van der Waals surface area contributed by atoms with Gasteiger partial charge in [-0.25, -0.2) is 4.79 Å². The first-order valence-electron chi connectivity index (χ1n) is 8.64. The van der Waals surface area contributed by atoms with E-state index in [2.05, 4.69) is 41.6 Å². The third-order valence-electron chi connectivity index (χ3n) is 4.54. The van der Waals surface area contributed by atoms with Crippen LogP contribution in [0.1, 0.15) is 24.8 Å². The number of carbonyl (C=O) groups excluding carboxylic acids is 1. The molecule has 4 nitrogen and oxygen atoms in total. The zero-order valence-corrected chi connectivity index (χ0v) is 16.2. The van der Waals surface area contributed by atoms with E-state index in [0.29, 0.717) is 19.0 Å². The van der Waals surface area contributed by atoms with Crippen LogP contribution in [0.15, 0.2) is 41.8 Å². The Morgan fingerprint density at radius 1 is 1.16 bits per heavy atom. The third kappa shape index (κ3) is 4.47. The number of nitrogens with zero attached hydrogens (tertiary/aromatic N) is 2. The largest absolute Gasteiger partial charge is 0.368 e. The normalized spacial score (nSPS) is 16.2. The Morgan fingerprint density at radius 3 is 2.52 bits per heavy atom. The molecule has 25 heavy (non-hydrogen) atoms. The molecule has 6 heteroatoms. The minimum absolute atomic E-state index is 0.0258. The van der Waals surface area contributed by atoms with Gasteiger partial charge in [0.25, 0.3) is 0 Å². The molecule has 1 aromatic heterocycles. The molecule has 0 spiro atoms. The van der Waals surface area contributed by atoms with Gasteiger partial charge in [-0.05, 0) is 35.6 Å². The molecule has 0 aliphatic carbocycles. The molecular weight excluding hydrogens is 354 g/mol. The number of anilines is 1. The van der Waals surface area contributed by atoms with E-state index in [9.17, 15) is 4.79 Å². The molecule has 0 radical (unpaired) electrons. The molecule has 1 aliphatic rings. The summed E-state index contributed by atoms with van der Waals surface area (Å²) in [6, 6.07) is 12.1. The van der Waals surface area contributed by atoms with Gasteiger partial charge in [0.2, 0.25) is 0 Å². The second kappa shape index (κ2) is 8.11. The summed E-state index contributed by atoms with van der Waals surface area (Å²) in [6.45, 7) is 7.35. The fraction of sp³-hybridized carbons (Fsp3) is 0.421. The molecule has 3 rings (SSSR count). The van der Waals surface area contributed by atoms with E-state index in [-0.39, 0.29) is 12.1 Å². The number of benzene rings is 1. The van der Waals surface area contributed by atoms with Gasteiger partial charge in [0, 0.05) is 41.8 Å². The van der Waals surface area contributed by atoms with Crippen LogP contribution in [0.3, 0.4) is 0 Å². The Labute approximate surface area is 158 Å². The zero-order chi connectivity index (χ0) is 17.8. The SMILES string of the molecule is CC(C)C(NC(=O)N1CCN(c2cccc(Cl)c2)CC1)c1cccs1. The summed E-state index contributed by atoms with van der Waals surface area (Å²) < 4.78 is 0. The van der Waals surface area contributed by atoms with E-state index in [0.717, 1.165) is 23.8 Å². The second-order valence-electron chi connectivity index (χ2n) is 6.64. The van der Waals surface area contributed by atoms with E-state index < -0.39 is 0 Å². The molecule has 1 saturated heterocycles. The summed E-state index contributed by atoms with van der Waals surface area (Å²) in [5.74, 6) is 0.357. The van der Waals surface area contributed by atoms with Gasteiger partial charge < -0.3 is 15.1 Å². The lowest BCUT2D eigenvalue weighted by atomic mass is 10.0. The molecule has 0 saturated carbocycles. The number of amides is 2. The molecule has 0 bridgehead atoms. The first-order chi connectivity index (χ1) is 12.0. The number of carbonyl (C=O) groups is 1. The summed E-state index contributed by atoms with van der Waals surface area (Å²) in [5.41, 5.74) is 1.12. The lowest BCUT2D eigenvalue weighted by Crippen LogP contribution is -2.52. The highest BCUT2D eigenvalue weighted by atomic mass is 35.5. The van der Waals surface area contributed by atoms with Gasteiger partial charge in [-0.2, -0.15) is 0 Å². The first kappa shape index (κ1) is 18.1. The van der Waals surface area contributed by atoms with Crippen LogP contribution in [-0.4, -0.2) is 37.1 Å². The number of thiophene rings is 1. The average molecular weight is 378 g/mol. The highest BCUT2D eigenvalue weighted by Crippen LogP contribution is 2.26. The van der Waals surface area contributed by atoms with E-state index >= 15 is 0 Å². The molecular formula is C19H24ClN3OS. The van der Waals surface area contributed by atoms with Gasteiger partial charge in [0.05, 0.1) is 6.04 Å². The number of halogens is 1. The van der Waals surface area contributed by atoms with Crippen LogP contribution in [0.5, 0.6) is 0 Å². The van der Waals surface area contributed by atoms with Crippen molar-refractivity contribution in [2.24, 2.45) is 5.92 Å². The van der Waals surface area contributed by atoms with Crippen LogP contribution in [0.2, 0.25) is 5.02 Å². The quantitative estimate of drug-likeness (QED) is 0.843. The topological polar surface area (TPSA) is 35.6 Å². The molecule has 134 valence electrons. The summed E-state index contributed by atoms with van der Waals surface area (Å²) in [4.78, 5) is 18.1. The number of urea groups is 1. The van der Waals surface area contributed by atoms with E-state index in [1.165, 1.54) is 4.88 Å². The lowest BCUT2D eigenvalue weighted by molar-refractivity contribution is 0.187. The minimum Gasteiger partial charge on any atom is -0.368 e. The van der Waals surface area contributed by atoms with Gasteiger partial charge >= 0.3 is 6.03 Å². The smallest absolute Gasteiger partial charge is 0.318 e. The maximum atomic E-state index is 12.7.